The van der Waals surface area contributed by atoms with Crippen molar-refractivity contribution in [2.45, 2.75) is 25.3 Å². The van der Waals surface area contributed by atoms with Crippen molar-refractivity contribution < 1.29 is 14.3 Å². The van der Waals surface area contributed by atoms with E-state index >= 15 is 0 Å². The lowest BCUT2D eigenvalue weighted by Gasteiger charge is -2.13. The average molecular weight is 312 g/mol. The van der Waals surface area contributed by atoms with Crippen LogP contribution in [0.2, 0.25) is 0 Å². The highest BCUT2D eigenvalue weighted by Gasteiger charge is 2.27. The number of hydrogen-bond donors (Lipinski definition) is 1. The van der Waals surface area contributed by atoms with Gasteiger partial charge in [0.1, 0.15) is 5.82 Å². The number of carboxylic acids is 1. The fourth-order valence-corrected chi connectivity index (χ4v) is 3.43. The maximum absolute atomic E-state index is 13.3. The van der Waals surface area contributed by atoms with Gasteiger partial charge in [0.25, 0.3) is 0 Å². The molecular formula is C13H11BrFNO2. The molecule has 0 radical (unpaired) electrons. The van der Waals surface area contributed by atoms with E-state index in [2.05, 4.69) is 15.9 Å². The predicted octanol–water partition coefficient (Wildman–Crippen LogP) is 3.50. The minimum Gasteiger partial charge on any atom is -0.481 e. The molecule has 1 aromatic carbocycles. The molecular weight excluding hydrogens is 301 g/mol. The van der Waals surface area contributed by atoms with E-state index < -0.39 is 5.97 Å². The molecule has 3 rings (SSSR count). The molecule has 0 amide bonds. The highest BCUT2D eigenvalue weighted by Crippen LogP contribution is 2.38. The van der Waals surface area contributed by atoms with Crippen LogP contribution >= 0.6 is 15.9 Å². The van der Waals surface area contributed by atoms with Gasteiger partial charge in [0.15, 0.2) is 0 Å². The Balaban J connectivity index is 2.19. The van der Waals surface area contributed by atoms with Crippen molar-refractivity contribution in [2.24, 2.45) is 0 Å². The van der Waals surface area contributed by atoms with Crippen molar-refractivity contribution >= 4 is 32.8 Å². The van der Waals surface area contributed by atoms with E-state index in [1.165, 1.54) is 12.1 Å². The molecule has 3 nitrogen and oxygen atoms in total. The van der Waals surface area contributed by atoms with Gasteiger partial charge in [-0.3, -0.25) is 4.79 Å². The molecule has 0 saturated heterocycles. The monoisotopic (exact) mass is 311 g/mol. The van der Waals surface area contributed by atoms with Crippen LogP contribution in [0.25, 0.3) is 10.9 Å². The molecule has 0 fully saturated rings. The third-order valence-electron chi connectivity index (χ3n) is 3.44. The van der Waals surface area contributed by atoms with Gasteiger partial charge in [-0.2, -0.15) is 0 Å². The Kier molecular flexibility index (Phi) is 2.66. The number of nitrogens with zero attached hydrogens (tertiary/aromatic N) is 1. The summed E-state index contributed by atoms with van der Waals surface area (Å²) in [4.78, 5) is 10.9. The van der Waals surface area contributed by atoms with Gasteiger partial charge in [0, 0.05) is 21.6 Å². The second-order valence-electron chi connectivity index (χ2n) is 4.62. The van der Waals surface area contributed by atoms with Crippen molar-refractivity contribution in [3.05, 3.63) is 34.2 Å². The largest absolute Gasteiger partial charge is 0.481 e. The Bertz CT molecular complexity index is 650. The van der Waals surface area contributed by atoms with Gasteiger partial charge in [-0.15, -0.1) is 0 Å². The van der Waals surface area contributed by atoms with Crippen LogP contribution in [0.3, 0.4) is 0 Å². The maximum Gasteiger partial charge on any atom is 0.305 e. The molecule has 0 aliphatic carbocycles. The van der Waals surface area contributed by atoms with Gasteiger partial charge >= 0.3 is 5.97 Å². The van der Waals surface area contributed by atoms with E-state index in [-0.39, 0.29) is 18.3 Å². The van der Waals surface area contributed by atoms with Crippen molar-refractivity contribution in [3.8, 4) is 0 Å². The Hall–Kier alpha value is -1.36. The van der Waals surface area contributed by atoms with Crippen molar-refractivity contribution in [1.29, 1.82) is 0 Å². The maximum atomic E-state index is 13.3. The van der Waals surface area contributed by atoms with E-state index in [4.69, 9.17) is 5.11 Å². The lowest BCUT2D eigenvalue weighted by molar-refractivity contribution is -0.137. The molecule has 1 atom stereocenters. The zero-order chi connectivity index (χ0) is 12.9. The second-order valence-corrected chi connectivity index (χ2v) is 5.48. The van der Waals surface area contributed by atoms with E-state index in [0.717, 1.165) is 29.4 Å². The molecule has 1 N–H and O–H groups in total. The molecule has 5 heteroatoms. The lowest BCUT2D eigenvalue weighted by atomic mass is 10.1. The summed E-state index contributed by atoms with van der Waals surface area (Å²) in [6.45, 7) is 0. The Morgan fingerprint density at radius 1 is 1.50 bits per heavy atom. The van der Waals surface area contributed by atoms with Crippen LogP contribution in [0.1, 0.15) is 24.6 Å². The quantitative estimate of drug-likeness (QED) is 0.922. The molecule has 2 aromatic rings. The van der Waals surface area contributed by atoms with Gasteiger partial charge in [-0.25, -0.2) is 4.39 Å². The Morgan fingerprint density at radius 2 is 2.28 bits per heavy atom. The molecule has 1 aliphatic rings. The van der Waals surface area contributed by atoms with Crippen LogP contribution in [0, 0.1) is 5.82 Å². The van der Waals surface area contributed by atoms with Crippen LogP contribution in [0.15, 0.2) is 22.7 Å². The lowest BCUT2D eigenvalue weighted by Crippen LogP contribution is -2.09. The molecule has 2 heterocycles. The standard InChI is InChI=1S/C13H11BrFNO2/c14-11-5-8(15)3-7-4-9-1-2-10(6-12(17)18)16(9)13(7)11/h3-5,10H,1-2,6H2,(H,17,18). The number of carbonyl (C=O) groups is 1. The fourth-order valence-electron chi connectivity index (χ4n) is 2.79. The normalized spacial score (nSPS) is 18.2. The number of halogens is 2. The molecule has 1 unspecified atom stereocenters. The number of hydrogen-bond acceptors (Lipinski definition) is 1. The number of aryl methyl sites for hydroxylation is 1. The minimum atomic E-state index is -0.798. The second kappa shape index (κ2) is 4.09. The van der Waals surface area contributed by atoms with Gasteiger partial charge in [0.05, 0.1) is 11.9 Å². The summed E-state index contributed by atoms with van der Waals surface area (Å²) in [7, 11) is 0. The first-order chi connectivity index (χ1) is 8.56. The van der Waals surface area contributed by atoms with Crippen molar-refractivity contribution in [1.82, 2.24) is 4.57 Å². The number of benzene rings is 1. The Labute approximate surface area is 111 Å². The summed E-state index contributed by atoms with van der Waals surface area (Å²) in [6, 6.07) is 4.83. The first-order valence-electron chi connectivity index (χ1n) is 5.77. The molecule has 1 aromatic heterocycles. The topological polar surface area (TPSA) is 42.2 Å². The first-order valence-corrected chi connectivity index (χ1v) is 6.56. The van der Waals surface area contributed by atoms with Crippen LogP contribution in [0.5, 0.6) is 0 Å². The third kappa shape index (κ3) is 1.73. The summed E-state index contributed by atoms with van der Waals surface area (Å²) < 4.78 is 16.1. The van der Waals surface area contributed by atoms with E-state index in [1.54, 1.807) is 0 Å². The molecule has 18 heavy (non-hydrogen) atoms. The minimum absolute atomic E-state index is 0.0308. The number of carboxylic acid groups (broad SMARTS) is 1. The van der Waals surface area contributed by atoms with Crippen LogP contribution in [0.4, 0.5) is 4.39 Å². The average Bonchev–Trinajstić information content (AvgIpc) is 2.77. The molecule has 0 saturated carbocycles. The molecule has 94 valence electrons. The number of aliphatic carboxylic acids is 1. The highest BCUT2D eigenvalue weighted by molar-refractivity contribution is 9.10. The van der Waals surface area contributed by atoms with Crippen LogP contribution < -0.4 is 0 Å². The fraction of sp³-hybridized carbons (Fsp3) is 0.308. The summed E-state index contributed by atoms with van der Waals surface area (Å²) in [5.41, 5.74) is 1.98. The first kappa shape index (κ1) is 11.7. The Morgan fingerprint density at radius 3 is 3.00 bits per heavy atom. The summed E-state index contributed by atoms with van der Waals surface area (Å²) in [6.07, 6.45) is 1.79. The van der Waals surface area contributed by atoms with E-state index in [9.17, 15) is 9.18 Å². The van der Waals surface area contributed by atoms with Crippen molar-refractivity contribution in [2.75, 3.05) is 0 Å². The smallest absolute Gasteiger partial charge is 0.305 e. The zero-order valence-electron chi connectivity index (χ0n) is 9.49. The SMILES string of the molecule is O=C(O)CC1CCc2cc3cc(F)cc(Br)c3n21. The number of rotatable bonds is 2. The molecule has 0 spiro atoms. The van der Waals surface area contributed by atoms with Gasteiger partial charge in [-0.1, -0.05) is 0 Å². The van der Waals surface area contributed by atoms with Gasteiger partial charge < -0.3 is 9.67 Å². The molecule has 0 bridgehead atoms. The zero-order valence-corrected chi connectivity index (χ0v) is 11.1. The highest BCUT2D eigenvalue weighted by atomic mass is 79.9. The van der Waals surface area contributed by atoms with Gasteiger partial charge in [-0.05, 0) is 47.0 Å². The summed E-state index contributed by atoms with van der Waals surface area (Å²) >= 11 is 3.37. The van der Waals surface area contributed by atoms with Crippen LogP contribution in [-0.2, 0) is 11.2 Å². The third-order valence-corrected chi connectivity index (χ3v) is 4.04. The summed E-state index contributed by atoms with van der Waals surface area (Å²) in [5.74, 6) is -1.08. The van der Waals surface area contributed by atoms with Gasteiger partial charge in [0.2, 0.25) is 0 Å². The number of fused-ring (bicyclic) bond motifs is 3. The van der Waals surface area contributed by atoms with E-state index in [1.807, 2.05) is 10.6 Å². The molecule has 1 aliphatic heterocycles. The van der Waals surface area contributed by atoms with E-state index in [0.29, 0.717) is 4.47 Å². The van der Waals surface area contributed by atoms with Crippen LogP contribution in [-0.4, -0.2) is 15.6 Å². The number of aromatic nitrogens is 1. The summed E-state index contributed by atoms with van der Waals surface area (Å²) in [5, 5.41) is 9.76. The van der Waals surface area contributed by atoms with Crippen molar-refractivity contribution in [3.63, 3.8) is 0 Å². The predicted molar refractivity (Wildman–Crippen MR) is 69.2 cm³/mol.